The summed E-state index contributed by atoms with van der Waals surface area (Å²) < 4.78 is 38.7. The van der Waals surface area contributed by atoms with Gasteiger partial charge in [0.15, 0.2) is 5.82 Å². The summed E-state index contributed by atoms with van der Waals surface area (Å²) in [4.78, 5) is 14.5. The van der Waals surface area contributed by atoms with E-state index in [4.69, 9.17) is 21.1 Å². The first-order valence-corrected chi connectivity index (χ1v) is 17.6. The van der Waals surface area contributed by atoms with Gasteiger partial charge < -0.3 is 20.1 Å². The quantitative estimate of drug-likeness (QED) is 0.183. The van der Waals surface area contributed by atoms with Crippen LogP contribution in [0.15, 0.2) is 54.6 Å². The third kappa shape index (κ3) is 5.42. The third-order valence-electron chi connectivity index (χ3n) is 11.3. The number of aromatic nitrogens is 2. The lowest BCUT2D eigenvalue weighted by molar-refractivity contribution is 0.145. The Morgan fingerprint density at radius 2 is 1.82 bits per heavy atom. The van der Waals surface area contributed by atoms with Gasteiger partial charge in [-0.25, -0.2) is 8.78 Å². The van der Waals surface area contributed by atoms with Gasteiger partial charge in [-0.3, -0.25) is 4.90 Å². The Morgan fingerprint density at radius 1 is 1.04 bits per heavy atom. The molecule has 0 spiro atoms. The van der Waals surface area contributed by atoms with E-state index in [9.17, 15) is 5.11 Å². The van der Waals surface area contributed by atoms with Gasteiger partial charge in [0.1, 0.15) is 22.9 Å². The third-order valence-corrected chi connectivity index (χ3v) is 11.3. The number of nitrogens with one attached hydrogen (secondary N) is 1. The number of terminal acetylenes is 1. The second-order valence-corrected chi connectivity index (χ2v) is 14.8. The highest BCUT2D eigenvalue weighted by atomic mass is 19.1. The maximum Gasteiger partial charge on any atom is 0.319 e. The van der Waals surface area contributed by atoms with E-state index in [0.29, 0.717) is 51.8 Å². The maximum absolute atomic E-state index is 17.2. The van der Waals surface area contributed by atoms with Crippen molar-refractivity contribution in [3.8, 4) is 35.2 Å². The molecule has 3 aliphatic heterocycles. The second-order valence-electron chi connectivity index (χ2n) is 14.8. The molecule has 4 heterocycles. The van der Waals surface area contributed by atoms with Crippen molar-refractivity contribution in [3.63, 3.8) is 0 Å². The molecule has 2 saturated heterocycles. The number of aromatic hydroxyl groups is 1. The van der Waals surface area contributed by atoms with Crippen LogP contribution in [0, 0.1) is 36.3 Å². The Morgan fingerprint density at radius 3 is 2.58 bits per heavy atom. The van der Waals surface area contributed by atoms with E-state index in [1.165, 1.54) is 29.3 Å². The number of piperazine rings is 1. The molecule has 7 nitrogen and oxygen atoms in total. The normalized spacial score (nSPS) is 21.0. The van der Waals surface area contributed by atoms with Gasteiger partial charge in [-0.1, -0.05) is 36.3 Å². The highest BCUT2D eigenvalue weighted by Gasteiger charge is 2.45. The summed E-state index contributed by atoms with van der Waals surface area (Å²) in [6.45, 7) is 6.66. The van der Waals surface area contributed by atoms with Crippen molar-refractivity contribution in [2.24, 2.45) is 5.41 Å². The number of ether oxygens (including phenoxy) is 1. The van der Waals surface area contributed by atoms with Crippen LogP contribution < -0.4 is 15.0 Å². The van der Waals surface area contributed by atoms with Crippen LogP contribution >= 0.6 is 0 Å². The molecule has 4 aromatic carbocycles. The number of anilines is 1. The summed E-state index contributed by atoms with van der Waals surface area (Å²) in [5.74, 6) is 1.87. The fraction of sp³-hybridized carbons (Fsp3) is 0.366. The predicted octanol–water partition coefficient (Wildman–Crippen LogP) is 6.88. The van der Waals surface area contributed by atoms with E-state index < -0.39 is 11.6 Å². The van der Waals surface area contributed by atoms with Gasteiger partial charge in [0.25, 0.3) is 0 Å². The number of nitrogens with zero attached hydrogens (tertiary/aromatic N) is 4. The van der Waals surface area contributed by atoms with E-state index >= 15 is 8.78 Å². The number of fused-ring (bicyclic) bond motifs is 5. The van der Waals surface area contributed by atoms with Gasteiger partial charge in [0.05, 0.1) is 12.2 Å². The standard InChI is InChI=1S/C41H39F2N5O2/c1-3-31-34(42)11-8-26-17-30(49)18-32(36(26)31)35-24(2)16-33-38(37(35)43)45-40(46-39(33)48-20-28-9-10-29(21-48)44-28)50-23-41(13-14-41)22-47-15-12-25-6-4-5-7-27(25)19-47/h1,4-8,11,16-18,28-29,44,49H,9-10,12-15,19-23H2,2H3. The van der Waals surface area contributed by atoms with Crippen molar-refractivity contribution < 1.29 is 18.6 Å². The second kappa shape index (κ2) is 11.9. The van der Waals surface area contributed by atoms with Gasteiger partial charge in [-0.05, 0) is 90.9 Å². The van der Waals surface area contributed by atoms with Crippen molar-refractivity contribution >= 4 is 27.5 Å². The molecule has 5 aromatic rings. The molecule has 3 fully saturated rings. The minimum atomic E-state index is -0.584. The SMILES string of the molecule is C#Cc1c(F)ccc2cc(O)cc(-c3c(C)cc4c(N5CC6CCC(C5)N6)nc(OCC5(CN6CCc7ccccc7C6)CC5)nc4c3F)c12. The molecular formula is C41H39F2N5O2. The van der Waals surface area contributed by atoms with Gasteiger partial charge in [0.2, 0.25) is 0 Å². The van der Waals surface area contributed by atoms with Crippen LogP contribution in [0.5, 0.6) is 11.8 Å². The highest BCUT2D eigenvalue weighted by Crippen LogP contribution is 2.47. The van der Waals surface area contributed by atoms with Crippen LogP contribution in [0.4, 0.5) is 14.6 Å². The molecule has 254 valence electrons. The number of hydrogen-bond acceptors (Lipinski definition) is 7. The van der Waals surface area contributed by atoms with E-state index in [1.807, 2.05) is 13.0 Å². The summed E-state index contributed by atoms with van der Waals surface area (Å²) in [6.07, 6.45) is 11.1. The Labute approximate surface area is 290 Å². The Kier molecular flexibility index (Phi) is 7.45. The van der Waals surface area contributed by atoms with Crippen molar-refractivity contribution in [1.82, 2.24) is 20.2 Å². The zero-order valence-electron chi connectivity index (χ0n) is 28.1. The molecule has 2 bridgehead atoms. The van der Waals surface area contributed by atoms with Crippen LogP contribution in [0.3, 0.4) is 0 Å². The van der Waals surface area contributed by atoms with Gasteiger partial charge in [-0.15, -0.1) is 6.42 Å². The first-order chi connectivity index (χ1) is 24.3. The van der Waals surface area contributed by atoms with E-state index in [2.05, 4.69) is 45.3 Å². The molecule has 2 N–H and O–H groups in total. The van der Waals surface area contributed by atoms with Crippen molar-refractivity contribution in [3.05, 3.63) is 88.5 Å². The van der Waals surface area contributed by atoms with Crippen molar-refractivity contribution in [2.75, 3.05) is 37.7 Å². The number of phenols is 1. The molecule has 1 aliphatic carbocycles. The summed E-state index contributed by atoms with van der Waals surface area (Å²) in [7, 11) is 0. The Balaban J connectivity index is 1.11. The van der Waals surface area contributed by atoms with E-state index in [-0.39, 0.29) is 33.8 Å². The largest absolute Gasteiger partial charge is 0.508 e. The van der Waals surface area contributed by atoms with E-state index in [1.54, 1.807) is 6.07 Å². The molecule has 1 aromatic heterocycles. The molecule has 2 unspecified atom stereocenters. The van der Waals surface area contributed by atoms with Crippen LogP contribution in [0.25, 0.3) is 32.8 Å². The molecular weight excluding hydrogens is 632 g/mol. The molecule has 50 heavy (non-hydrogen) atoms. The van der Waals surface area contributed by atoms with Crippen LogP contribution in [0.2, 0.25) is 0 Å². The molecule has 9 rings (SSSR count). The lowest BCUT2D eigenvalue weighted by atomic mass is 9.90. The highest BCUT2D eigenvalue weighted by molar-refractivity contribution is 6.05. The number of hydrogen-bond donors (Lipinski definition) is 2. The summed E-state index contributed by atoms with van der Waals surface area (Å²) >= 11 is 0. The predicted molar refractivity (Wildman–Crippen MR) is 191 cm³/mol. The minimum Gasteiger partial charge on any atom is -0.508 e. The molecule has 0 amide bonds. The lowest BCUT2D eigenvalue weighted by Crippen LogP contribution is -2.51. The smallest absolute Gasteiger partial charge is 0.319 e. The van der Waals surface area contributed by atoms with Crippen LogP contribution in [-0.2, 0) is 13.0 Å². The summed E-state index contributed by atoms with van der Waals surface area (Å²) in [5.41, 5.74) is 4.10. The molecule has 2 atom stereocenters. The fourth-order valence-electron chi connectivity index (χ4n) is 8.59. The number of benzene rings is 4. The number of aryl methyl sites for hydroxylation is 1. The first kappa shape index (κ1) is 31.2. The van der Waals surface area contributed by atoms with Crippen LogP contribution in [-0.4, -0.2) is 64.8 Å². The summed E-state index contributed by atoms with van der Waals surface area (Å²) in [6, 6.07) is 17.2. The molecule has 1 saturated carbocycles. The average Bonchev–Trinajstić information content (AvgIpc) is 3.80. The zero-order valence-corrected chi connectivity index (χ0v) is 28.1. The average molecular weight is 672 g/mol. The monoisotopic (exact) mass is 671 g/mol. The number of phenolic OH excluding ortho intramolecular Hbond substituents is 1. The Hall–Kier alpha value is -4.78. The van der Waals surface area contributed by atoms with E-state index in [0.717, 1.165) is 64.8 Å². The van der Waals surface area contributed by atoms with Gasteiger partial charge >= 0.3 is 6.01 Å². The molecule has 9 heteroatoms. The molecule has 4 aliphatic rings. The number of rotatable bonds is 7. The molecule has 0 radical (unpaired) electrons. The maximum atomic E-state index is 17.2. The summed E-state index contributed by atoms with van der Waals surface area (Å²) in [5, 5.41) is 15.9. The van der Waals surface area contributed by atoms with Gasteiger partial charge in [0, 0.05) is 66.6 Å². The topological polar surface area (TPSA) is 73.8 Å². The van der Waals surface area contributed by atoms with Crippen molar-refractivity contribution in [1.29, 1.82) is 0 Å². The number of halogens is 2. The minimum absolute atomic E-state index is 0.00603. The zero-order chi connectivity index (χ0) is 34.1. The fourth-order valence-corrected chi connectivity index (χ4v) is 8.59. The Bertz CT molecular complexity index is 2220. The lowest BCUT2D eigenvalue weighted by Gasteiger charge is -2.34. The van der Waals surface area contributed by atoms with Gasteiger partial charge in [-0.2, -0.15) is 9.97 Å². The first-order valence-electron chi connectivity index (χ1n) is 17.6. The van der Waals surface area contributed by atoms with Crippen LogP contribution in [0.1, 0.15) is 47.9 Å². The van der Waals surface area contributed by atoms with Crippen molar-refractivity contribution in [2.45, 2.75) is 57.7 Å².